The highest BCUT2D eigenvalue weighted by atomic mass is 32.1. The smallest absolute Gasteiger partial charge is 0.267 e. The molecule has 3 N–H and O–H groups in total. The van der Waals surface area contributed by atoms with Crippen molar-refractivity contribution in [2.24, 2.45) is 11.8 Å². The van der Waals surface area contributed by atoms with Gasteiger partial charge in [0, 0.05) is 19.6 Å². The van der Waals surface area contributed by atoms with Crippen molar-refractivity contribution in [2.75, 3.05) is 30.7 Å². The summed E-state index contributed by atoms with van der Waals surface area (Å²) in [6.07, 6.45) is 1.19. The van der Waals surface area contributed by atoms with Gasteiger partial charge in [-0.25, -0.2) is 4.98 Å². The monoisotopic (exact) mass is 282 g/mol. The van der Waals surface area contributed by atoms with E-state index in [9.17, 15) is 4.79 Å². The van der Waals surface area contributed by atoms with Crippen molar-refractivity contribution in [1.29, 1.82) is 0 Å². The predicted octanol–water partition coefficient (Wildman–Crippen LogP) is 2.28. The number of amides is 1. The molecule has 19 heavy (non-hydrogen) atoms. The van der Waals surface area contributed by atoms with E-state index in [0.717, 1.165) is 24.8 Å². The summed E-state index contributed by atoms with van der Waals surface area (Å²) >= 11 is 1.35. The van der Waals surface area contributed by atoms with E-state index in [0.29, 0.717) is 22.5 Å². The first-order chi connectivity index (χ1) is 9.01. The number of rotatable bonds is 3. The van der Waals surface area contributed by atoms with E-state index in [1.807, 2.05) is 11.8 Å². The Balaban J connectivity index is 2.14. The molecule has 0 saturated carbocycles. The minimum atomic E-state index is 0.0255. The summed E-state index contributed by atoms with van der Waals surface area (Å²) in [4.78, 5) is 19.2. The molecule has 0 bridgehead atoms. The number of nitrogens with zero attached hydrogens (tertiary/aromatic N) is 2. The number of nitrogen functional groups attached to an aromatic ring is 1. The minimum Gasteiger partial charge on any atom is -0.382 e. The second-order valence-electron chi connectivity index (χ2n) is 5.42. The average molecular weight is 282 g/mol. The highest BCUT2D eigenvalue weighted by molar-refractivity contribution is 7.18. The van der Waals surface area contributed by atoms with E-state index in [1.54, 1.807) is 0 Å². The Morgan fingerprint density at radius 2 is 2.11 bits per heavy atom. The number of hydrogen-bond acceptors (Lipinski definition) is 5. The Kier molecular flexibility index (Phi) is 4.29. The van der Waals surface area contributed by atoms with Crippen molar-refractivity contribution < 1.29 is 4.79 Å². The SMILES string of the molecule is CCNc1nc(N)c(C(=O)N2CC(C)CC(C)C2)s1. The van der Waals surface area contributed by atoms with Gasteiger partial charge in [0.05, 0.1) is 0 Å². The number of aromatic nitrogens is 1. The lowest BCUT2D eigenvalue weighted by Crippen LogP contribution is -2.42. The standard InChI is InChI=1S/C13H22N4OS/c1-4-15-13-16-11(14)10(19-13)12(18)17-6-8(2)5-9(3)7-17/h8-9H,4-7,14H2,1-3H3,(H,15,16). The Bertz CT molecular complexity index is 449. The van der Waals surface area contributed by atoms with Crippen LogP contribution in [0.5, 0.6) is 0 Å². The zero-order valence-corrected chi connectivity index (χ0v) is 12.6. The molecule has 2 heterocycles. The fourth-order valence-electron chi connectivity index (χ4n) is 2.68. The lowest BCUT2D eigenvalue weighted by Gasteiger charge is -2.34. The molecule has 5 nitrogen and oxygen atoms in total. The van der Waals surface area contributed by atoms with Crippen LogP contribution in [-0.2, 0) is 0 Å². The van der Waals surface area contributed by atoms with Crippen molar-refractivity contribution in [3.63, 3.8) is 0 Å². The van der Waals surface area contributed by atoms with Gasteiger partial charge in [-0.3, -0.25) is 4.79 Å². The number of likely N-dealkylation sites (tertiary alicyclic amines) is 1. The zero-order chi connectivity index (χ0) is 14.0. The van der Waals surface area contributed by atoms with Gasteiger partial charge in [0.2, 0.25) is 0 Å². The Morgan fingerprint density at radius 3 is 2.68 bits per heavy atom. The fraction of sp³-hybridized carbons (Fsp3) is 0.692. The second-order valence-corrected chi connectivity index (χ2v) is 6.42. The number of nitrogens with two attached hydrogens (primary N) is 1. The van der Waals surface area contributed by atoms with E-state index < -0.39 is 0 Å². The first kappa shape index (κ1) is 14.1. The molecule has 2 atom stereocenters. The van der Waals surface area contributed by atoms with E-state index in [1.165, 1.54) is 17.8 Å². The molecule has 0 aromatic carbocycles. The highest BCUT2D eigenvalue weighted by Gasteiger charge is 2.28. The first-order valence-corrected chi connectivity index (χ1v) is 7.62. The topological polar surface area (TPSA) is 71.2 Å². The number of anilines is 2. The Morgan fingerprint density at radius 1 is 1.47 bits per heavy atom. The number of nitrogens with one attached hydrogen (secondary N) is 1. The molecule has 1 fully saturated rings. The maximum atomic E-state index is 12.5. The summed E-state index contributed by atoms with van der Waals surface area (Å²) in [6, 6.07) is 0. The van der Waals surface area contributed by atoms with Gasteiger partial charge < -0.3 is 16.0 Å². The third-order valence-electron chi connectivity index (χ3n) is 3.33. The van der Waals surface area contributed by atoms with Gasteiger partial charge >= 0.3 is 0 Å². The lowest BCUT2D eigenvalue weighted by atomic mass is 9.92. The Hall–Kier alpha value is -1.30. The van der Waals surface area contributed by atoms with Gasteiger partial charge in [-0.1, -0.05) is 25.2 Å². The van der Waals surface area contributed by atoms with Crippen LogP contribution in [0.2, 0.25) is 0 Å². The van der Waals surface area contributed by atoms with Crippen LogP contribution in [0.3, 0.4) is 0 Å². The maximum Gasteiger partial charge on any atom is 0.267 e. The van der Waals surface area contributed by atoms with Crippen LogP contribution in [-0.4, -0.2) is 35.4 Å². The minimum absolute atomic E-state index is 0.0255. The van der Waals surface area contributed by atoms with Gasteiger partial charge in [0.1, 0.15) is 10.7 Å². The quantitative estimate of drug-likeness (QED) is 0.892. The van der Waals surface area contributed by atoms with Crippen LogP contribution in [0.15, 0.2) is 0 Å². The fourth-order valence-corrected chi connectivity index (χ4v) is 3.60. The van der Waals surface area contributed by atoms with Crippen LogP contribution in [0.4, 0.5) is 10.9 Å². The van der Waals surface area contributed by atoms with Gasteiger partial charge in [0.15, 0.2) is 5.13 Å². The summed E-state index contributed by atoms with van der Waals surface area (Å²) in [5.74, 6) is 1.47. The van der Waals surface area contributed by atoms with Crippen LogP contribution in [0.1, 0.15) is 36.9 Å². The third-order valence-corrected chi connectivity index (χ3v) is 4.35. The van der Waals surface area contributed by atoms with Crippen LogP contribution in [0.25, 0.3) is 0 Å². The number of piperidine rings is 1. The number of carbonyl (C=O) groups is 1. The lowest BCUT2D eigenvalue weighted by molar-refractivity contribution is 0.0629. The van der Waals surface area contributed by atoms with Crippen molar-refractivity contribution >= 4 is 28.2 Å². The maximum absolute atomic E-state index is 12.5. The van der Waals surface area contributed by atoms with Gasteiger partial charge in [-0.05, 0) is 25.2 Å². The molecule has 2 rings (SSSR count). The zero-order valence-electron chi connectivity index (χ0n) is 11.8. The molecule has 0 radical (unpaired) electrons. The number of thiazole rings is 1. The molecule has 2 unspecified atom stereocenters. The molecule has 1 saturated heterocycles. The molecule has 1 aliphatic heterocycles. The average Bonchev–Trinajstić information content (AvgIpc) is 2.68. The summed E-state index contributed by atoms with van der Waals surface area (Å²) in [7, 11) is 0. The van der Waals surface area contributed by atoms with Gasteiger partial charge in [-0.2, -0.15) is 0 Å². The number of carbonyl (C=O) groups excluding carboxylic acids is 1. The first-order valence-electron chi connectivity index (χ1n) is 6.80. The van der Waals surface area contributed by atoms with Crippen molar-refractivity contribution in [2.45, 2.75) is 27.2 Å². The summed E-state index contributed by atoms with van der Waals surface area (Å²) in [6.45, 7) is 8.78. The van der Waals surface area contributed by atoms with E-state index >= 15 is 0 Å². The van der Waals surface area contributed by atoms with Crippen molar-refractivity contribution in [3.05, 3.63) is 4.88 Å². The molecule has 0 spiro atoms. The Labute approximate surface area is 118 Å². The summed E-state index contributed by atoms with van der Waals surface area (Å²) < 4.78 is 0. The van der Waals surface area contributed by atoms with E-state index in [4.69, 9.17) is 5.73 Å². The van der Waals surface area contributed by atoms with Crippen LogP contribution >= 0.6 is 11.3 Å². The van der Waals surface area contributed by atoms with E-state index in [-0.39, 0.29) is 5.91 Å². The summed E-state index contributed by atoms with van der Waals surface area (Å²) in [5.41, 5.74) is 5.86. The summed E-state index contributed by atoms with van der Waals surface area (Å²) in [5, 5.41) is 3.82. The third kappa shape index (κ3) is 3.18. The largest absolute Gasteiger partial charge is 0.382 e. The molecule has 106 valence electrons. The normalized spacial score (nSPS) is 23.4. The van der Waals surface area contributed by atoms with Crippen LogP contribution < -0.4 is 11.1 Å². The molecule has 6 heteroatoms. The van der Waals surface area contributed by atoms with Gasteiger partial charge in [0.25, 0.3) is 5.91 Å². The predicted molar refractivity (Wildman–Crippen MR) is 79.5 cm³/mol. The number of hydrogen-bond donors (Lipinski definition) is 2. The van der Waals surface area contributed by atoms with Gasteiger partial charge in [-0.15, -0.1) is 0 Å². The molecule has 1 aromatic rings. The molecule has 1 aliphatic rings. The van der Waals surface area contributed by atoms with Crippen molar-refractivity contribution in [1.82, 2.24) is 9.88 Å². The van der Waals surface area contributed by atoms with Crippen molar-refractivity contribution in [3.8, 4) is 0 Å². The van der Waals surface area contributed by atoms with E-state index in [2.05, 4.69) is 24.1 Å². The molecular formula is C13H22N4OS. The molecule has 0 aliphatic carbocycles. The molecule has 1 amide bonds. The highest BCUT2D eigenvalue weighted by Crippen LogP contribution is 2.29. The second kappa shape index (κ2) is 5.77. The molecule has 1 aromatic heterocycles. The molecular weight excluding hydrogens is 260 g/mol. The van der Waals surface area contributed by atoms with Crippen LogP contribution in [0, 0.1) is 11.8 Å².